The van der Waals surface area contributed by atoms with Gasteiger partial charge in [0.15, 0.2) is 0 Å². The van der Waals surface area contributed by atoms with Crippen LogP contribution in [0.25, 0.3) is 0 Å². The summed E-state index contributed by atoms with van der Waals surface area (Å²) in [6, 6.07) is 1.68. The van der Waals surface area contributed by atoms with Crippen molar-refractivity contribution in [2.24, 2.45) is 5.92 Å². The van der Waals surface area contributed by atoms with Gasteiger partial charge in [0, 0.05) is 51.1 Å². The molecule has 0 amide bonds. The third-order valence-corrected chi connectivity index (χ3v) is 6.07. The molecule has 7 atom stereocenters. The topological polar surface area (TPSA) is 57.8 Å². The van der Waals surface area contributed by atoms with Crippen LogP contribution in [0.4, 0.5) is 0 Å². The molecule has 0 aromatic heterocycles. The molecule has 6 heteroatoms. The first-order valence-electron chi connectivity index (χ1n) is 9.49. The zero-order valence-corrected chi connectivity index (χ0v) is 14.3. The molecule has 4 rings (SSSR count). The Hall–Kier alpha value is -0.240. The molecule has 0 aromatic carbocycles. The van der Waals surface area contributed by atoms with Crippen LogP contribution in [0.15, 0.2) is 0 Å². The van der Waals surface area contributed by atoms with Gasteiger partial charge in [-0.05, 0) is 44.9 Å². The SMILES string of the molecule is C[C@H]1CCOCCCN2CNC(C2)C2NNC3CCC(CC32)O1. The number of nitrogens with one attached hydrogen (secondary N) is 3. The molecule has 4 aliphatic rings. The number of hydrazine groups is 1. The van der Waals surface area contributed by atoms with Crippen LogP contribution in [-0.2, 0) is 9.47 Å². The Morgan fingerprint density at radius 2 is 2.00 bits per heavy atom. The molecule has 3 aliphatic heterocycles. The molecule has 23 heavy (non-hydrogen) atoms. The Bertz CT molecular complexity index is 397. The van der Waals surface area contributed by atoms with Gasteiger partial charge in [0.1, 0.15) is 0 Å². The van der Waals surface area contributed by atoms with Gasteiger partial charge in [-0.3, -0.25) is 21.1 Å². The summed E-state index contributed by atoms with van der Waals surface area (Å²) >= 11 is 0. The standard InChI is InChI=1S/C17H32N4O2/c1-12-5-8-22-7-2-6-21-10-16(18-11-21)17-14-9-13(23-12)3-4-15(14)19-20-17/h12-20H,2-11H2,1H3/t12-,13?,14?,15?,16?,17?/m0/s1. The number of rotatable bonds is 0. The van der Waals surface area contributed by atoms with Crippen molar-refractivity contribution in [1.82, 2.24) is 21.1 Å². The van der Waals surface area contributed by atoms with Crippen molar-refractivity contribution in [3.63, 3.8) is 0 Å². The molecule has 0 aromatic rings. The lowest BCUT2D eigenvalue weighted by molar-refractivity contribution is -0.0480. The Morgan fingerprint density at radius 1 is 1.04 bits per heavy atom. The molecular formula is C17H32N4O2. The summed E-state index contributed by atoms with van der Waals surface area (Å²) in [5.41, 5.74) is 7.16. The highest BCUT2D eigenvalue weighted by molar-refractivity contribution is 5.02. The second-order valence-corrected chi connectivity index (χ2v) is 7.77. The highest BCUT2D eigenvalue weighted by Gasteiger charge is 2.45. The normalized spacial score (nSPS) is 48.7. The highest BCUT2D eigenvalue weighted by Crippen LogP contribution is 2.34. The summed E-state index contributed by atoms with van der Waals surface area (Å²) in [4.78, 5) is 2.53. The van der Waals surface area contributed by atoms with E-state index in [-0.39, 0.29) is 0 Å². The fourth-order valence-corrected chi connectivity index (χ4v) is 4.78. The van der Waals surface area contributed by atoms with Gasteiger partial charge in [-0.1, -0.05) is 0 Å². The first kappa shape index (κ1) is 16.2. The Balaban J connectivity index is 1.45. The molecule has 6 nitrogen and oxygen atoms in total. The lowest BCUT2D eigenvalue weighted by Gasteiger charge is -2.36. The number of nitrogens with zero attached hydrogens (tertiary/aromatic N) is 1. The van der Waals surface area contributed by atoms with Crippen molar-refractivity contribution in [3.8, 4) is 0 Å². The van der Waals surface area contributed by atoms with Crippen LogP contribution < -0.4 is 16.2 Å². The van der Waals surface area contributed by atoms with E-state index in [0.29, 0.717) is 36.3 Å². The molecule has 3 heterocycles. The smallest absolute Gasteiger partial charge is 0.0583 e. The summed E-state index contributed by atoms with van der Waals surface area (Å²) in [6.07, 6.45) is 6.43. The Kier molecular flexibility index (Phi) is 5.18. The molecule has 3 N–H and O–H groups in total. The summed E-state index contributed by atoms with van der Waals surface area (Å²) in [7, 11) is 0. The molecular weight excluding hydrogens is 292 g/mol. The maximum Gasteiger partial charge on any atom is 0.0583 e. The monoisotopic (exact) mass is 324 g/mol. The van der Waals surface area contributed by atoms with Crippen LogP contribution in [0, 0.1) is 5.92 Å². The first-order chi connectivity index (χ1) is 11.3. The maximum atomic E-state index is 6.33. The van der Waals surface area contributed by atoms with Crippen molar-refractivity contribution in [2.45, 2.75) is 69.4 Å². The number of hydrogen-bond acceptors (Lipinski definition) is 6. The lowest BCUT2D eigenvalue weighted by atomic mass is 9.78. The second-order valence-electron chi connectivity index (χ2n) is 7.77. The van der Waals surface area contributed by atoms with Crippen LogP contribution in [-0.4, -0.2) is 68.2 Å². The Morgan fingerprint density at radius 3 is 2.96 bits per heavy atom. The highest BCUT2D eigenvalue weighted by atomic mass is 16.5. The third kappa shape index (κ3) is 3.72. The molecule has 0 spiro atoms. The van der Waals surface area contributed by atoms with Gasteiger partial charge in [-0.15, -0.1) is 0 Å². The summed E-state index contributed by atoms with van der Waals surface area (Å²) in [5.74, 6) is 0.680. The summed E-state index contributed by atoms with van der Waals surface area (Å²) < 4.78 is 12.1. The molecule has 0 radical (unpaired) electrons. The van der Waals surface area contributed by atoms with Gasteiger partial charge in [-0.2, -0.15) is 0 Å². The van der Waals surface area contributed by atoms with Crippen LogP contribution in [0.5, 0.6) is 0 Å². The van der Waals surface area contributed by atoms with Crippen molar-refractivity contribution >= 4 is 0 Å². The van der Waals surface area contributed by atoms with E-state index >= 15 is 0 Å². The van der Waals surface area contributed by atoms with Gasteiger partial charge in [-0.25, -0.2) is 0 Å². The van der Waals surface area contributed by atoms with E-state index in [9.17, 15) is 0 Å². The van der Waals surface area contributed by atoms with Gasteiger partial charge in [0.2, 0.25) is 0 Å². The fourth-order valence-electron chi connectivity index (χ4n) is 4.78. The Labute approximate surface area is 139 Å². The zero-order chi connectivity index (χ0) is 15.6. The second kappa shape index (κ2) is 7.33. The van der Waals surface area contributed by atoms with Crippen molar-refractivity contribution in [3.05, 3.63) is 0 Å². The third-order valence-electron chi connectivity index (χ3n) is 6.07. The lowest BCUT2D eigenvalue weighted by Crippen LogP contribution is -2.49. The number of fused-ring (bicyclic) bond motifs is 4. The average molecular weight is 324 g/mol. The van der Waals surface area contributed by atoms with Crippen LogP contribution >= 0.6 is 0 Å². The predicted octanol–water partition coefficient (Wildman–Crippen LogP) is 0.447. The van der Waals surface area contributed by atoms with E-state index in [1.165, 1.54) is 19.3 Å². The van der Waals surface area contributed by atoms with Gasteiger partial charge in [0.25, 0.3) is 0 Å². The van der Waals surface area contributed by atoms with E-state index in [4.69, 9.17) is 9.47 Å². The van der Waals surface area contributed by atoms with E-state index in [2.05, 4.69) is 28.0 Å². The summed E-state index contributed by atoms with van der Waals surface area (Å²) in [5, 5.41) is 3.72. The maximum absolute atomic E-state index is 6.33. The van der Waals surface area contributed by atoms with Crippen molar-refractivity contribution in [2.75, 3.05) is 33.0 Å². The van der Waals surface area contributed by atoms with Crippen molar-refractivity contribution in [1.29, 1.82) is 0 Å². The molecule has 6 unspecified atom stereocenters. The molecule has 1 saturated carbocycles. The van der Waals surface area contributed by atoms with Gasteiger partial charge < -0.3 is 9.47 Å². The molecule has 4 fully saturated rings. The average Bonchev–Trinajstić information content (AvgIpc) is 3.16. The van der Waals surface area contributed by atoms with E-state index in [0.717, 1.165) is 45.8 Å². The molecule has 3 saturated heterocycles. The minimum absolute atomic E-state index is 0.306. The van der Waals surface area contributed by atoms with E-state index in [1.54, 1.807) is 0 Å². The number of hydrogen-bond donors (Lipinski definition) is 3. The predicted molar refractivity (Wildman–Crippen MR) is 88.9 cm³/mol. The van der Waals surface area contributed by atoms with E-state index < -0.39 is 0 Å². The number of ether oxygens (including phenoxy) is 2. The fraction of sp³-hybridized carbons (Fsp3) is 1.00. The minimum Gasteiger partial charge on any atom is -0.381 e. The van der Waals surface area contributed by atoms with Gasteiger partial charge in [0.05, 0.1) is 12.2 Å². The zero-order valence-electron chi connectivity index (χ0n) is 14.3. The van der Waals surface area contributed by atoms with Crippen LogP contribution in [0.3, 0.4) is 0 Å². The van der Waals surface area contributed by atoms with Crippen LogP contribution in [0.2, 0.25) is 0 Å². The molecule has 132 valence electrons. The molecule has 4 bridgehead atoms. The first-order valence-corrected chi connectivity index (χ1v) is 9.49. The van der Waals surface area contributed by atoms with E-state index in [1.807, 2.05) is 0 Å². The summed E-state index contributed by atoms with van der Waals surface area (Å²) in [6.45, 7) is 7.18. The van der Waals surface area contributed by atoms with Gasteiger partial charge >= 0.3 is 0 Å². The quantitative estimate of drug-likeness (QED) is 0.601. The van der Waals surface area contributed by atoms with Crippen molar-refractivity contribution < 1.29 is 9.47 Å². The largest absolute Gasteiger partial charge is 0.381 e. The molecule has 1 aliphatic carbocycles. The van der Waals surface area contributed by atoms with Crippen LogP contribution in [0.1, 0.15) is 39.0 Å². The minimum atomic E-state index is 0.306.